The third kappa shape index (κ3) is 4.45. The molecule has 0 bridgehead atoms. The van der Waals surface area contributed by atoms with Crippen molar-refractivity contribution in [1.29, 1.82) is 0 Å². The lowest BCUT2D eigenvalue weighted by Crippen LogP contribution is -2.05. The van der Waals surface area contributed by atoms with Gasteiger partial charge in [-0.2, -0.15) is 0 Å². The van der Waals surface area contributed by atoms with E-state index in [0.717, 1.165) is 19.3 Å². The molecule has 0 heterocycles. The molecule has 1 N–H and O–H groups in total. The number of aromatic carboxylic acids is 1. The van der Waals surface area contributed by atoms with E-state index in [-0.39, 0.29) is 12.2 Å². The first-order valence-corrected chi connectivity index (χ1v) is 6.25. The lowest BCUT2D eigenvalue weighted by atomic mass is 10.1. The van der Waals surface area contributed by atoms with E-state index in [1.807, 2.05) is 0 Å². The minimum Gasteiger partial charge on any atom is -0.478 e. The minimum atomic E-state index is -1.25. The molecule has 0 fully saturated rings. The first-order valence-electron chi connectivity index (χ1n) is 6.25. The summed E-state index contributed by atoms with van der Waals surface area (Å²) in [6, 6.07) is 4.33. The number of carbonyl (C=O) groups is 1. The SMILES string of the molecule is CCCCCCOCc1cccc(C(=O)O)c1F. The maximum atomic E-state index is 13.7. The molecule has 0 unspecified atom stereocenters. The molecule has 0 spiro atoms. The maximum absolute atomic E-state index is 13.7. The van der Waals surface area contributed by atoms with E-state index in [9.17, 15) is 9.18 Å². The standard InChI is InChI=1S/C14H19FO3/c1-2-3-4-5-9-18-10-11-7-6-8-12(13(11)15)14(16)17/h6-8H,2-5,9-10H2,1H3,(H,16,17). The van der Waals surface area contributed by atoms with Crippen LogP contribution < -0.4 is 0 Å². The molecule has 1 aromatic rings. The molecule has 1 aromatic carbocycles. The van der Waals surface area contributed by atoms with Gasteiger partial charge in [-0.15, -0.1) is 0 Å². The molecule has 0 saturated carbocycles. The third-order valence-corrected chi connectivity index (χ3v) is 2.71. The lowest BCUT2D eigenvalue weighted by molar-refractivity contribution is 0.0690. The number of ether oxygens (including phenoxy) is 1. The van der Waals surface area contributed by atoms with E-state index in [4.69, 9.17) is 9.84 Å². The van der Waals surface area contributed by atoms with Gasteiger partial charge >= 0.3 is 5.97 Å². The van der Waals surface area contributed by atoms with Crippen LogP contribution in [-0.4, -0.2) is 17.7 Å². The lowest BCUT2D eigenvalue weighted by Gasteiger charge is -2.07. The summed E-state index contributed by atoms with van der Waals surface area (Å²) in [4.78, 5) is 10.7. The highest BCUT2D eigenvalue weighted by Gasteiger charge is 2.13. The normalized spacial score (nSPS) is 10.6. The number of carboxylic acids is 1. The first-order chi connectivity index (χ1) is 8.66. The fraction of sp³-hybridized carbons (Fsp3) is 0.500. The first kappa shape index (κ1) is 14.6. The fourth-order valence-electron chi connectivity index (χ4n) is 1.67. The second-order valence-electron chi connectivity index (χ2n) is 4.20. The van der Waals surface area contributed by atoms with E-state index in [0.29, 0.717) is 12.2 Å². The van der Waals surface area contributed by atoms with Gasteiger partial charge in [0, 0.05) is 12.2 Å². The molecule has 1 rings (SSSR count). The molecule has 100 valence electrons. The summed E-state index contributed by atoms with van der Waals surface area (Å²) in [6.07, 6.45) is 4.39. The van der Waals surface area contributed by atoms with Crippen molar-refractivity contribution in [2.75, 3.05) is 6.61 Å². The summed E-state index contributed by atoms with van der Waals surface area (Å²) in [5.74, 6) is -1.95. The van der Waals surface area contributed by atoms with Crippen LogP contribution in [0.3, 0.4) is 0 Å². The van der Waals surface area contributed by atoms with Crippen LogP contribution >= 0.6 is 0 Å². The Labute approximate surface area is 107 Å². The predicted molar refractivity (Wildman–Crippen MR) is 67.2 cm³/mol. The Kier molecular flexibility index (Phi) is 6.36. The van der Waals surface area contributed by atoms with E-state index in [1.54, 1.807) is 6.07 Å². The Morgan fingerprint density at radius 2 is 2.11 bits per heavy atom. The van der Waals surface area contributed by atoms with Gasteiger partial charge < -0.3 is 9.84 Å². The number of hydrogen-bond acceptors (Lipinski definition) is 2. The minimum absolute atomic E-state index is 0.124. The molecule has 0 aliphatic carbocycles. The van der Waals surface area contributed by atoms with Crippen LogP contribution in [0, 0.1) is 5.82 Å². The number of unbranched alkanes of at least 4 members (excludes halogenated alkanes) is 3. The molecule has 0 aliphatic rings. The highest BCUT2D eigenvalue weighted by atomic mass is 19.1. The second kappa shape index (κ2) is 7.82. The number of carboxylic acid groups (broad SMARTS) is 1. The van der Waals surface area contributed by atoms with Crippen molar-refractivity contribution in [2.45, 2.75) is 39.2 Å². The maximum Gasteiger partial charge on any atom is 0.338 e. The zero-order chi connectivity index (χ0) is 13.4. The molecule has 18 heavy (non-hydrogen) atoms. The molecule has 0 radical (unpaired) electrons. The van der Waals surface area contributed by atoms with Crippen LogP contribution in [0.4, 0.5) is 4.39 Å². The van der Waals surface area contributed by atoms with Crippen LogP contribution in [0.25, 0.3) is 0 Å². The molecule has 0 aromatic heterocycles. The van der Waals surface area contributed by atoms with Crippen molar-refractivity contribution in [3.8, 4) is 0 Å². The topological polar surface area (TPSA) is 46.5 Å². The molecule has 4 heteroatoms. The van der Waals surface area contributed by atoms with Crippen molar-refractivity contribution in [2.24, 2.45) is 0 Å². The van der Waals surface area contributed by atoms with Crippen molar-refractivity contribution >= 4 is 5.97 Å². The Morgan fingerprint density at radius 1 is 1.33 bits per heavy atom. The van der Waals surface area contributed by atoms with Crippen molar-refractivity contribution in [3.05, 3.63) is 35.1 Å². The largest absolute Gasteiger partial charge is 0.478 e. The van der Waals surface area contributed by atoms with Gasteiger partial charge in [0.05, 0.1) is 12.2 Å². The quantitative estimate of drug-likeness (QED) is 0.721. The average Bonchev–Trinajstić information content (AvgIpc) is 2.35. The summed E-state index contributed by atoms with van der Waals surface area (Å²) < 4.78 is 19.0. The van der Waals surface area contributed by atoms with Crippen LogP contribution in [-0.2, 0) is 11.3 Å². The van der Waals surface area contributed by atoms with Gasteiger partial charge in [0.1, 0.15) is 5.82 Å². The summed E-state index contributed by atoms with van der Waals surface area (Å²) in [7, 11) is 0. The fourth-order valence-corrected chi connectivity index (χ4v) is 1.67. The summed E-state index contributed by atoms with van der Waals surface area (Å²) >= 11 is 0. The van der Waals surface area contributed by atoms with E-state index < -0.39 is 11.8 Å². The van der Waals surface area contributed by atoms with Gasteiger partial charge in [-0.3, -0.25) is 0 Å². The highest BCUT2D eigenvalue weighted by Crippen LogP contribution is 2.14. The van der Waals surface area contributed by atoms with Crippen LogP contribution in [0.2, 0.25) is 0 Å². The van der Waals surface area contributed by atoms with Gasteiger partial charge in [-0.05, 0) is 12.5 Å². The van der Waals surface area contributed by atoms with Gasteiger partial charge in [0.15, 0.2) is 0 Å². The van der Waals surface area contributed by atoms with Crippen LogP contribution in [0.15, 0.2) is 18.2 Å². The summed E-state index contributed by atoms with van der Waals surface area (Å²) in [5.41, 5.74) is -0.00697. The Hall–Kier alpha value is -1.42. The van der Waals surface area contributed by atoms with Gasteiger partial charge in [-0.25, -0.2) is 9.18 Å². The Balaban J connectivity index is 2.43. The second-order valence-corrected chi connectivity index (χ2v) is 4.20. The number of benzene rings is 1. The molecular weight excluding hydrogens is 235 g/mol. The monoisotopic (exact) mass is 254 g/mol. The zero-order valence-electron chi connectivity index (χ0n) is 10.6. The highest BCUT2D eigenvalue weighted by molar-refractivity contribution is 5.88. The van der Waals surface area contributed by atoms with Gasteiger partial charge in [-0.1, -0.05) is 38.3 Å². The van der Waals surface area contributed by atoms with Crippen LogP contribution in [0.5, 0.6) is 0 Å². The molecular formula is C14H19FO3. The van der Waals surface area contributed by atoms with E-state index in [1.165, 1.54) is 18.6 Å². The van der Waals surface area contributed by atoms with E-state index in [2.05, 4.69) is 6.92 Å². The molecule has 0 atom stereocenters. The summed E-state index contributed by atoms with van der Waals surface area (Å²) in [6.45, 7) is 2.84. The molecule has 0 aliphatic heterocycles. The number of halogens is 1. The van der Waals surface area contributed by atoms with Crippen molar-refractivity contribution in [1.82, 2.24) is 0 Å². The predicted octanol–water partition coefficient (Wildman–Crippen LogP) is 3.62. The zero-order valence-corrected chi connectivity index (χ0v) is 10.6. The number of rotatable bonds is 8. The number of hydrogen-bond donors (Lipinski definition) is 1. The molecule has 0 amide bonds. The van der Waals surface area contributed by atoms with E-state index >= 15 is 0 Å². The molecule has 0 saturated heterocycles. The van der Waals surface area contributed by atoms with Gasteiger partial charge in [0.2, 0.25) is 0 Å². The Bertz CT molecular complexity index is 391. The van der Waals surface area contributed by atoms with Gasteiger partial charge in [0.25, 0.3) is 0 Å². The molecule has 3 nitrogen and oxygen atoms in total. The van der Waals surface area contributed by atoms with Crippen molar-refractivity contribution in [3.63, 3.8) is 0 Å². The van der Waals surface area contributed by atoms with Crippen LogP contribution in [0.1, 0.15) is 48.5 Å². The Morgan fingerprint density at radius 3 is 2.78 bits per heavy atom. The third-order valence-electron chi connectivity index (χ3n) is 2.71. The van der Waals surface area contributed by atoms with Crippen molar-refractivity contribution < 1.29 is 19.0 Å². The smallest absolute Gasteiger partial charge is 0.338 e. The summed E-state index contributed by atoms with van der Waals surface area (Å²) in [5, 5.41) is 8.78. The average molecular weight is 254 g/mol.